The molecule has 0 aliphatic carbocycles. The molecule has 0 aliphatic rings. The summed E-state index contributed by atoms with van der Waals surface area (Å²) in [6.45, 7) is 1.27. The van der Waals surface area contributed by atoms with Crippen LogP contribution >= 0.6 is 0 Å². The molecule has 0 heterocycles. The van der Waals surface area contributed by atoms with Crippen molar-refractivity contribution in [3.63, 3.8) is 0 Å². The van der Waals surface area contributed by atoms with Gasteiger partial charge in [-0.2, -0.15) is 0 Å². The first-order chi connectivity index (χ1) is 3.89. The molecule has 2 unspecified atom stereocenters. The molecule has 0 rings (SSSR count). The van der Waals surface area contributed by atoms with Gasteiger partial charge in [0.2, 0.25) is 0 Å². The number of hydrogen-bond acceptors (Lipinski definition) is 0. The molecule has 0 aromatic heterocycles. The topological polar surface area (TPSA) is 0 Å². The van der Waals surface area contributed by atoms with Crippen LogP contribution in [-0.2, 0) is 0 Å². The highest BCUT2D eigenvalue weighted by Gasteiger charge is 2.43. The Bertz CT molecular complexity index is 77.0. The molecule has 0 N–H and O–H groups in total. The Hall–Kier alpha value is -0.280. The van der Waals surface area contributed by atoms with Gasteiger partial charge in [-0.15, -0.1) is 0 Å². The van der Waals surface area contributed by atoms with Crippen LogP contribution in [0.5, 0.6) is 0 Å². The summed E-state index contributed by atoms with van der Waals surface area (Å²) in [7, 11) is 0. The van der Waals surface area contributed by atoms with Crippen molar-refractivity contribution in [1.29, 1.82) is 0 Å². The normalized spacial score (nSPS) is 19.3. The molecule has 0 spiro atoms. The predicted molar refractivity (Wildman–Crippen MR) is 26.1 cm³/mol. The van der Waals surface area contributed by atoms with E-state index in [1.165, 1.54) is 0 Å². The second-order valence-corrected chi connectivity index (χ2v) is 1.91. The maximum Gasteiger partial charge on any atom is 0.308 e. The first-order valence-electron chi connectivity index (χ1n) is 2.55. The van der Waals surface area contributed by atoms with Gasteiger partial charge in [0, 0.05) is 0 Å². The number of halogens is 4. The molecule has 0 aliphatic heterocycles. The van der Waals surface area contributed by atoms with Gasteiger partial charge in [0.1, 0.15) is 0 Å². The number of rotatable bonds is 2. The average Bonchev–Trinajstić information content (AvgIpc) is 1.65. The lowest BCUT2D eigenvalue weighted by molar-refractivity contribution is -0.115. The molecule has 2 atom stereocenters. The van der Waals surface area contributed by atoms with Crippen LogP contribution in [0.25, 0.3) is 0 Å². The predicted octanol–water partition coefficient (Wildman–Crippen LogP) is 2.34. The van der Waals surface area contributed by atoms with Gasteiger partial charge in [-0.05, 0) is 13.8 Å². The van der Waals surface area contributed by atoms with Crippen molar-refractivity contribution >= 4 is 0 Å². The third-order valence-electron chi connectivity index (χ3n) is 1.06. The van der Waals surface area contributed by atoms with Gasteiger partial charge < -0.3 is 0 Å². The summed E-state index contributed by atoms with van der Waals surface area (Å²) in [6.07, 6.45) is -4.84. The van der Waals surface area contributed by atoms with E-state index >= 15 is 0 Å². The molecule has 0 aromatic carbocycles. The van der Waals surface area contributed by atoms with Crippen molar-refractivity contribution < 1.29 is 17.6 Å². The monoisotopic (exact) mass is 144 g/mol. The van der Waals surface area contributed by atoms with Crippen molar-refractivity contribution in [2.75, 3.05) is 0 Å². The Morgan fingerprint density at radius 3 is 1.22 bits per heavy atom. The quantitative estimate of drug-likeness (QED) is 0.522. The number of alkyl halides is 4. The minimum atomic E-state index is -3.83. The van der Waals surface area contributed by atoms with Crippen molar-refractivity contribution in [3.05, 3.63) is 0 Å². The highest BCUT2D eigenvalue weighted by Crippen LogP contribution is 2.27. The molecule has 0 bridgehead atoms. The molecule has 0 nitrogen and oxygen atoms in total. The van der Waals surface area contributed by atoms with Crippen LogP contribution in [0.4, 0.5) is 17.6 Å². The lowest BCUT2D eigenvalue weighted by Crippen LogP contribution is -2.36. The molecular formula is C5H8F4. The van der Waals surface area contributed by atoms with Gasteiger partial charge in [0.25, 0.3) is 0 Å². The van der Waals surface area contributed by atoms with Crippen LogP contribution in [-0.4, -0.2) is 18.3 Å². The van der Waals surface area contributed by atoms with Crippen LogP contribution in [0.2, 0.25) is 0 Å². The van der Waals surface area contributed by atoms with Crippen molar-refractivity contribution in [1.82, 2.24) is 0 Å². The van der Waals surface area contributed by atoms with E-state index in [0.29, 0.717) is 13.8 Å². The summed E-state index contributed by atoms with van der Waals surface area (Å²) in [5, 5.41) is 0. The Morgan fingerprint density at radius 2 is 1.22 bits per heavy atom. The van der Waals surface area contributed by atoms with Crippen molar-refractivity contribution in [2.45, 2.75) is 32.1 Å². The third kappa shape index (κ3) is 1.84. The summed E-state index contributed by atoms with van der Waals surface area (Å²) < 4.78 is 47.3. The lowest BCUT2D eigenvalue weighted by atomic mass is 10.1. The zero-order chi connectivity index (χ0) is 7.65. The maximum atomic E-state index is 11.9. The Labute approximate surface area is 50.9 Å². The maximum absolute atomic E-state index is 11.9. The fourth-order valence-electron chi connectivity index (χ4n) is 0.316. The van der Waals surface area contributed by atoms with Gasteiger partial charge in [0.15, 0.2) is 12.3 Å². The van der Waals surface area contributed by atoms with Gasteiger partial charge >= 0.3 is 5.92 Å². The highest BCUT2D eigenvalue weighted by molar-refractivity contribution is 4.78. The summed E-state index contributed by atoms with van der Waals surface area (Å²) in [5.74, 6) is -3.83. The molecule has 4 heteroatoms. The van der Waals surface area contributed by atoms with Crippen LogP contribution in [0.3, 0.4) is 0 Å². The Balaban J connectivity index is 4.01. The second kappa shape index (κ2) is 2.54. The minimum Gasteiger partial charge on any atom is -0.241 e. The second-order valence-electron chi connectivity index (χ2n) is 1.91. The Kier molecular flexibility index (Phi) is 2.46. The molecule has 9 heavy (non-hydrogen) atoms. The van der Waals surface area contributed by atoms with E-state index in [2.05, 4.69) is 0 Å². The van der Waals surface area contributed by atoms with Crippen LogP contribution < -0.4 is 0 Å². The molecule has 0 aromatic rings. The SMILES string of the molecule is CC(F)C(F)(F)C(C)F. The van der Waals surface area contributed by atoms with Crippen molar-refractivity contribution in [2.24, 2.45) is 0 Å². The molecule has 0 saturated heterocycles. The van der Waals surface area contributed by atoms with Crippen LogP contribution in [0.15, 0.2) is 0 Å². The van der Waals surface area contributed by atoms with Gasteiger partial charge in [-0.1, -0.05) is 0 Å². The van der Waals surface area contributed by atoms with E-state index in [4.69, 9.17) is 0 Å². The first kappa shape index (κ1) is 8.72. The first-order valence-corrected chi connectivity index (χ1v) is 2.55. The molecular weight excluding hydrogens is 136 g/mol. The summed E-state index contributed by atoms with van der Waals surface area (Å²) in [5.41, 5.74) is 0. The molecule has 0 fully saturated rings. The molecule has 0 amide bonds. The van der Waals surface area contributed by atoms with Gasteiger partial charge in [-0.3, -0.25) is 0 Å². The van der Waals surface area contributed by atoms with E-state index in [-0.39, 0.29) is 0 Å². The standard InChI is InChI=1S/C5H8F4/c1-3(6)5(8,9)4(2)7/h3-4H,1-2H3. The number of hydrogen-bond donors (Lipinski definition) is 0. The van der Waals surface area contributed by atoms with E-state index in [1.54, 1.807) is 0 Å². The fraction of sp³-hybridized carbons (Fsp3) is 1.00. The fourth-order valence-corrected chi connectivity index (χ4v) is 0.316. The largest absolute Gasteiger partial charge is 0.308 e. The van der Waals surface area contributed by atoms with E-state index in [9.17, 15) is 17.6 Å². The molecule has 0 radical (unpaired) electrons. The summed E-state index contributed by atoms with van der Waals surface area (Å²) in [4.78, 5) is 0. The third-order valence-corrected chi connectivity index (χ3v) is 1.06. The molecule has 0 saturated carbocycles. The van der Waals surface area contributed by atoms with Gasteiger partial charge in [-0.25, -0.2) is 17.6 Å². The zero-order valence-electron chi connectivity index (χ0n) is 5.17. The summed E-state index contributed by atoms with van der Waals surface area (Å²) in [6, 6.07) is 0. The smallest absolute Gasteiger partial charge is 0.241 e. The van der Waals surface area contributed by atoms with Gasteiger partial charge in [0.05, 0.1) is 0 Å². The average molecular weight is 144 g/mol. The van der Waals surface area contributed by atoms with E-state index in [0.717, 1.165) is 0 Å². The lowest BCUT2D eigenvalue weighted by Gasteiger charge is -2.18. The van der Waals surface area contributed by atoms with Crippen LogP contribution in [0.1, 0.15) is 13.8 Å². The van der Waals surface area contributed by atoms with Crippen LogP contribution in [0, 0.1) is 0 Å². The highest BCUT2D eigenvalue weighted by atomic mass is 19.3. The summed E-state index contributed by atoms with van der Waals surface area (Å²) >= 11 is 0. The van der Waals surface area contributed by atoms with Crippen molar-refractivity contribution in [3.8, 4) is 0 Å². The van der Waals surface area contributed by atoms with E-state index in [1.807, 2.05) is 0 Å². The zero-order valence-corrected chi connectivity index (χ0v) is 5.17. The van der Waals surface area contributed by atoms with E-state index < -0.39 is 18.3 Å². The minimum absolute atomic E-state index is 0.635. The molecule has 56 valence electrons. The Morgan fingerprint density at radius 1 is 1.00 bits per heavy atom.